The summed E-state index contributed by atoms with van der Waals surface area (Å²) in [7, 11) is -3.45. The number of nitrogens with two attached hydrogens (primary N) is 1. The predicted octanol–water partition coefficient (Wildman–Crippen LogP) is 3.07. The molecule has 1 fully saturated rings. The van der Waals surface area contributed by atoms with E-state index in [1.807, 2.05) is 0 Å². The number of pyridine rings is 1. The molecule has 1 aliphatic heterocycles. The number of carbonyl (C=O) groups excluding carboxylic acids is 1. The molecule has 8 nitrogen and oxygen atoms in total. The van der Waals surface area contributed by atoms with Gasteiger partial charge in [-0.2, -0.15) is 4.31 Å². The molecular formula is C28H32F3N5O3S. The fraction of sp³-hybridized carbons (Fsp3) is 0.357. The number of rotatable bonds is 9. The molecule has 0 saturated carbocycles. The van der Waals surface area contributed by atoms with Crippen LogP contribution >= 0.6 is 0 Å². The van der Waals surface area contributed by atoms with Crippen LogP contribution in [0.2, 0.25) is 0 Å². The monoisotopic (exact) mass is 575 g/mol. The van der Waals surface area contributed by atoms with Crippen LogP contribution in [0.5, 0.6) is 0 Å². The van der Waals surface area contributed by atoms with Gasteiger partial charge in [0.2, 0.25) is 15.9 Å². The average molecular weight is 576 g/mol. The van der Waals surface area contributed by atoms with Crippen LogP contribution in [0.3, 0.4) is 0 Å². The third-order valence-electron chi connectivity index (χ3n) is 7.03. The number of halogens is 3. The van der Waals surface area contributed by atoms with Crippen molar-refractivity contribution in [2.75, 3.05) is 31.2 Å². The molecular weight excluding hydrogens is 543 g/mol. The van der Waals surface area contributed by atoms with Crippen molar-refractivity contribution in [2.24, 2.45) is 5.73 Å². The topological polar surface area (TPSA) is 117 Å². The van der Waals surface area contributed by atoms with Gasteiger partial charge >= 0.3 is 0 Å². The second-order valence-corrected chi connectivity index (χ2v) is 12.0. The second kappa shape index (κ2) is 12.5. The van der Waals surface area contributed by atoms with Crippen LogP contribution < -0.4 is 16.4 Å². The maximum Gasteiger partial charge on any atom is 0.242 e. The molecule has 4 rings (SSSR count). The third-order valence-corrected chi connectivity index (χ3v) is 8.36. The van der Waals surface area contributed by atoms with Crippen molar-refractivity contribution < 1.29 is 26.4 Å². The molecule has 2 heterocycles. The molecule has 4 N–H and O–H groups in total. The fourth-order valence-electron chi connectivity index (χ4n) is 5.15. The van der Waals surface area contributed by atoms with Crippen LogP contribution in [0.25, 0.3) is 0 Å². The first kappa shape index (κ1) is 29.7. The Balaban J connectivity index is 1.59. The molecule has 1 saturated heterocycles. The molecule has 0 radical (unpaired) electrons. The van der Waals surface area contributed by atoms with E-state index in [1.54, 1.807) is 13.0 Å². The normalized spacial score (nSPS) is 17.8. The Labute approximate surface area is 231 Å². The van der Waals surface area contributed by atoms with Gasteiger partial charge < -0.3 is 16.4 Å². The molecule has 0 spiro atoms. The first-order chi connectivity index (χ1) is 18.9. The summed E-state index contributed by atoms with van der Waals surface area (Å²) in [5, 5.41) is 5.82. The van der Waals surface area contributed by atoms with Crippen LogP contribution in [0, 0.1) is 24.4 Å². The summed E-state index contributed by atoms with van der Waals surface area (Å²) in [5.41, 5.74) is 8.24. The SMILES string of the molecule is Cc1cc(F)cc([C@H](c2ccc(F)cc2)[C@H](N)C(=O)Nc2cncc(F)c2CC[C@H]2CNCCN2S(C)(=O)=O)c1. The number of amides is 1. The van der Waals surface area contributed by atoms with Crippen molar-refractivity contribution in [3.05, 3.63) is 94.6 Å². The van der Waals surface area contributed by atoms with Gasteiger partial charge in [-0.1, -0.05) is 18.2 Å². The summed E-state index contributed by atoms with van der Waals surface area (Å²) < 4.78 is 68.7. The number of hydrogen-bond donors (Lipinski definition) is 3. The molecule has 1 aromatic heterocycles. The van der Waals surface area contributed by atoms with E-state index >= 15 is 0 Å². The lowest BCUT2D eigenvalue weighted by atomic mass is 9.84. The van der Waals surface area contributed by atoms with E-state index in [0.717, 1.165) is 12.5 Å². The van der Waals surface area contributed by atoms with E-state index in [-0.39, 0.29) is 23.7 Å². The minimum atomic E-state index is -3.45. The van der Waals surface area contributed by atoms with E-state index in [2.05, 4.69) is 15.6 Å². The van der Waals surface area contributed by atoms with Gasteiger partial charge in [0.15, 0.2) is 0 Å². The van der Waals surface area contributed by atoms with Gasteiger partial charge in [0, 0.05) is 37.2 Å². The number of anilines is 1. The minimum Gasteiger partial charge on any atom is -0.323 e. The lowest BCUT2D eigenvalue weighted by Crippen LogP contribution is -2.53. The first-order valence-corrected chi connectivity index (χ1v) is 14.7. The molecule has 0 bridgehead atoms. The van der Waals surface area contributed by atoms with Gasteiger partial charge in [-0.05, 0) is 60.7 Å². The Kier molecular flexibility index (Phi) is 9.24. The quantitative estimate of drug-likeness (QED) is 0.361. The molecule has 0 unspecified atom stereocenters. The summed E-state index contributed by atoms with van der Waals surface area (Å²) >= 11 is 0. The van der Waals surface area contributed by atoms with Crippen molar-refractivity contribution >= 4 is 21.6 Å². The van der Waals surface area contributed by atoms with Crippen molar-refractivity contribution in [2.45, 2.75) is 37.8 Å². The Morgan fingerprint density at radius 2 is 1.85 bits per heavy atom. The molecule has 1 aliphatic rings. The van der Waals surface area contributed by atoms with Crippen LogP contribution in [0.4, 0.5) is 18.9 Å². The maximum atomic E-state index is 14.9. The van der Waals surface area contributed by atoms with Gasteiger partial charge in [0.05, 0.1) is 30.4 Å². The smallest absolute Gasteiger partial charge is 0.242 e. The van der Waals surface area contributed by atoms with Gasteiger partial charge in [-0.25, -0.2) is 21.6 Å². The van der Waals surface area contributed by atoms with Crippen LogP contribution in [-0.2, 0) is 21.2 Å². The highest BCUT2D eigenvalue weighted by Crippen LogP contribution is 2.30. The summed E-state index contributed by atoms with van der Waals surface area (Å²) in [6, 6.07) is 8.09. The molecule has 1 amide bonds. The largest absolute Gasteiger partial charge is 0.323 e. The van der Waals surface area contributed by atoms with Crippen molar-refractivity contribution in [1.29, 1.82) is 0 Å². The predicted molar refractivity (Wildman–Crippen MR) is 147 cm³/mol. The summed E-state index contributed by atoms with van der Waals surface area (Å²) in [6.07, 6.45) is 3.90. The zero-order valence-corrected chi connectivity index (χ0v) is 23.0. The highest BCUT2D eigenvalue weighted by atomic mass is 32.2. The summed E-state index contributed by atoms with van der Waals surface area (Å²) in [6.45, 7) is 2.95. The molecule has 0 aliphatic carbocycles. The summed E-state index contributed by atoms with van der Waals surface area (Å²) in [4.78, 5) is 17.3. The van der Waals surface area contributed by atoms with Gasteiger partial charge in [-0.15, -0.1) is 0 Å². The van der Waals surface area contributed by atoms with Crippen LogP contribution in [0.15, 0.2) is 54.9 Å². The van der Waals surface area contributed by atoms with E-state index in [9.17, 15) is 26.4 Å². The summed E-state index contributed by atoms with van der Waals surface area (Å²) in [5.74, 6) is -3.16. The molecule has 40 heavy (non-hydrogen) atoms. The molecule has 214 valence electrons. The third kappa shape index (κ3) is 7.05. The van der Waals surface area contributed by atoms with Gasteiger partial charge in [0.1, 0.15) is 17.5 Å². The minimum absolute atomic E-state index is 0.100. The van der Waals surface area contributed by atoms with Gasteiger partial charge in [-0.3, -0.25) is 9.78 Å². The number of carbonyl (C=O) groups is 1. The number of hydrogen-bond acceptors (Lipinski definition) is 6. The van der Waals surface area contributed by atoms with Crippen molar-refractivity contribution in [3.63, 3.8) is 0 Å². The second-order valence-electron chi connectivity index (χ2n) is 10.0. The van der Waals surface area contributed by atoms with Crippen molar-refractivity contribution in [1.82, 2.24) is 14.6 Å². The van der Waals surface area contributed by atoms with Crippen molar-refractivity contribution in [3.8, 4) is 0 Å². The fourth-order valence-corrected chi connectivity index (χ4v) is 6.29. The molecule has 2 aromatic carbocycles. The number of benzene rings is 2. The van der Waals surface area contributed by atoms with E-state index in [4.69, 9.17) is 5.73 Å². The van der Waals surface area contributed by atoms with Crippen LogP contribution in [0.1, 0.15) is 34.6 Å². The zero-order valence-electron chi connectivity index (χ0n) is 22.2. The number of piperazine rings is 1. The lowest BCUT2D eigenvalue weighted by Gasteiger charge is -2.34. The average Bonchev–Trinajstić information content (AvgIpc) is 2.88. The number of nitrogens with zero attached hydrogens (tertiary/aromatic N) is 2. The Morgan fingerprint density at radius 3 is 2.52 bits per heavy atom. The number of nitrogens with one attached hydrogen (secondary N) is 2. The highest BCUT2D eigenvalue weighted by Gasteiger charge is 2.31. The zero-order chi connectivity index (χ0) is 29.0. The Morgan fingerprint density at radius 1 is 1.12 bits per heavy atom. The Hall–Kier alpha value is -3.32. The number of aromatic nitrogens is 1. The van der Waals surface area contributed by atoms with E-state index < -0.39 is 45.3 Å². The lowest BCUT2D eigenvalue weighted by molar-refractivity contribution is -0.117. The maximum absolute atomic E-state index is 14.9. The van der Waals surface area contributed by atoms with E-state index in [0.29, 0.717) is 42.7 Å². The molecule has 3 atom stereocenters. The number of aryl methyl sites for hydroxylation is 1. The first-order valence-electron chi connectivity index (χ1n) is 12.8. The number of sulfonamides is 1. The highest BCUT2D eigenvalue weighted by molar-refractivity contribution is 7.88. The Bertz CT molecular complexity index is 1450. The van der Waals surface area contributed by atoms with E-state index in [1.165, 1.54) is 46.9 Å². The molecule has 12 heteroatoms. The van der Waals surface area contributed by atoms with Gasteiger partial charge in [0.25, 0.3) is 0 Å². The van der Waals surface area contributed by atoms with Crippen LogP contribution in [-0.4, -0.2) is 61.6 Å². The standard InChI is InChI=1S/C28H32F3N5O3S/c1-17-11-19(13-21(30)12-17)26(18-3-5-20(29)6-4-18)27(32)28(37)35-25-16-34-15-24(31)23(25)8-7-22-14-33-9-10-36(22)40(2,38)39/h3-6,11-13,15-16,22,26-27,33H,7-10,14,32H2,1-2H3,(H,35,37)/t22-,26-,27-/m0/s1. The molecule has 3 aromatic rings.